The Hall–Kier alpha value is -2.45. The Morgan fingerprint density at radius 2 is 1.93 bits per heavy atom. The predicted octanol–water partition coefficient (Wildman–Crippen LogP) is 3.95. The van der Waals surface area contributed by atoms with Crippen LogP contribution in [0, 0.1) is 0 Å². The van der Waals surface area contributed by atoms with Crippen molar-refractivity contribution in [2.45, 2.75) is 49.2 Å². The van der Waals surface area contributed by atoms with Gasteiger partial charge in [-0.05, 0) is 50.3 Å². The molecular weight excluding hydrogens is 420 g/mol. The van der Waals surface area contributed by atoms with Crippen LogP contribution in [-0.4, -0.2) is 25.9 Å². The fourth-order valence-corrected chi connectivity index (χ4v) is 6.17. The van der Waals surface area contributed by atoms with Crippen LogP contribution in [0.4, 0.5) is 0 Å². The first kappa shape index (κ1) is 20.8. The summed E-state index contributed by atoms with van der Waals surface area (Å²) in [5.74, 6) is -0.614. The van der Waals surface area contributed by atoms with E-state index in [9.17, 15) is 13.2 Å². The molecule has 1 aliphatic carbocycles. The molecule has 0 fully saturated rings. The van der Waals surface area contributed by atoms with Crippen molar-refractivity contribution >= 4 is 27.1 Å². The van der Waals surface area contributed by atoms with Gasteiger partial charge in [-0.15, -0.1) is 11.3 Å². The Bertz CT molecular complexity index is 1090. The van der Waals surface area contributed by atoms with Crippen molar-refractivity contribution in [3.63, 3.8) is 0 Å². The highest BCUT2D eigenvalue weighted by Gasteiger charge is 2.22. The van der Waals surface area contributed by atoms with Crippen molar-refractivity contribution in [3.8, 4) is 0 Å². The van der Waals surface area contributed by atoms with Gasteiger partial charge in [0, 0.05) is 23.4 Å². The lowest BCUT2D eigenvalue weighted by Gasteiger charge is -2.06. The molecule has 6 nitrogen and oxygen atoms in total. The zero-order chi connectivity index (χ0) is 21.0. The topological polar surface area (TPSA) is 89.3 Å². The van der Waals surface area contributed by atoms with Crippen molar-refractivity contribution in [1.29, 1.82) is 0 Å². The van der Waals surface area contributed by atoms with E-state index in [1.54, 1.807) is 41.7 Å². The maximum atomic E-state index is 12.6. The standard InChI is InChI=1S/C22H24N2O4S2/c25-22(23-13-6-11-20-24-18-9-4-5-10-19(18)29-20)21-16(12-14-28-21)15-30(26,27)17-7-2-1-3-8-17/h1-3,7-8,12,14H,4-6,9-11,13,15H2,(H,23,25). The quantitative estimate of drug-likeness (QED) is 0.532. The summed E-state index contributed by atoms with van der Waals surface area (Å²) in [6.45, 7) is 0.481. The summed E-state index contributed by atoms with van der Waals surface area (Å²) in [6.07, 6.45) is 7.63. The summed E-state index contributed by atoms with van der Waals surface area (Å²) in [6, 6.07) is 9.74. The number of fused-ring (bicyclic) bond motifs is 1. The third kappa shape index (κ3) is 4.82. The largest absolute Gasteiger partial charge is 0.459 e. The lowest BCUT2D eigenvalue weighted by Crippen LogP contribution is -2.25. The van der Waals surface area contributed by atoms with Crippen molar-refractivity contribution < 1.29 is 17.6 Å². The molecule has 1 aliphatic rings. The van der Waals surface area contributed by atoms with Gasteiger partial charge in [0.1, 0.15) is 0 Å². The van der Waals surface area contributed by atoms with Crippen molar-refractivity contribution in [2.24, 2.45) is 0 Å². The number of thiazole rings is 1. The molecule has 0 spiro atoms. The van der Waals surface area contributed by atoms with Crippen LogP contribution >= 0.6 is 11.3 Å². The number of hydrogen-bond donors (Lipinski definition) is 1. The minimum absolute atomic E-state index is 0.0548. The summed E-state index contributed by atoms with van der Waals surface area (Å²) in [5, 5.41) is 3.96. The van der Waals surface area contributed by atoms with E-state index in [0.717, 1.165) is 30.7 Å². The SMILES string of the molecule is O=C(NCCCc1nc2c(s1)CCCC2)c1occc1CS(=O)(=O)c1ccccc1. The minimum Gasteiger partial charge on any atom is -0.459 e. The normalized spacial score (nSPS) is 13.7. The Labute approximate surface area is 180 Å². The van der Waals surface area contributed by atoms with Gasteiger partial charge in [0.05, 0.1) is 27.6 Å². The van der Waals surface area contributed by atoms with Gasteiger partial charge in [-0.2, -0.15) is 0 Å². The molecule has 8 heteroatoms. The molecule has 0 saturated carbocycles. The smallest absolute Gasteiger partial charge is 0.287 e. The molecule has 1 N–H and O–H groups in total. The highest BCUT2D eigenvalue weighted by Crippen LogP contribution is 2.27. The third-order valence-corrected chi connectivity index (χ3v) is 8.04. The molecular formula is C22H24N2O4S2. The van der Waals surface area contributed by atoms with Crippen molar-refractivity contribution in [3.05, 3.63) is 69.6 Å². The van der Waals surface area contributed by atoms with E-state index < -0.39 is 15.7 Å². The zero-order valence-corrected chi connectivity index (χ0v) is 18.2. The lowest BCUT2D eigenvalue weighted by atomic mass is 10.0. The number of sulfone groups is 1. The van der Waals surface area contributed by atoms with E-state index in [0.29, 0.717) is 12.1 Å². The molecule has 0 atom stereocenters. The second kappa shape index (κ2) is 9.14. The van der Waals surface area contributed by atoms with E-state index >= 15 is 0 Å². The number of carbonyl (C=O) groups excluding carboxylic acids is 1. The van der Waals surface area contributed by atoms with Gasteiger partial charge in [-0.3, -0.25) is 4.79 Å². The van der Waals surface area contributed by atoms with Crippen LogP contribution < -0.4 is 5.32 Å². The van der Waals surface area contributed by atoms with E-state index in [-0.39, 0.29) is 16.4 Å². The van der Waals surface area contributed by atoms with E-state index in [1.807, 2.05) is 0 Å². The first-order valence-corrected chi connectivity index (χ1v) is 12.6. The monoisotopic (exact) mass is 444 g/mol. The number of benzene rings is 1. The fraction of sp³-hybridized carbons (Fsp3) is 0.364. The molecule has 4 rings (SSSR count). The summed E-state index contributed by atoms with van der Waals surface area (Å²) in [4.78, 5) is 18.9. The Kier molecular flexibility index (Phi) is 6.34. The Morgan fingerprint density at radius 3 is 2.73 bits per heavy atom. The van der Waals surface area contributed by atoms with Crippen LogP contribution in [0.1, 0.15) is 51.0 Å². The van der Waals surface area contributed by atoms with Gasteiger partial charge in [0.15, 0.2) is 15.6 Å². The second-order valence-corrected chi connectivity index (χ2v) is 10.5. The number of aryl methyl sites for hydroxylation is 3. The molecule has 1 amide bonds. The summed E-state index contributed by atoms with van der Waals surface area (Å²) < 4.78 is 30.5. The Balaban J connectivity index is 1.31. The average molecular weight is 445 g/mol. The minimum atomic E-state index is -3.55. The van der Waals surface area contributed by atoms with E-state index in [4.69, 9.17) is 9.40 Å². The van der Waals surface area contributed by atoms with Gasteiger partial charge >= 0.3 is 0 Å². The van der Waals surface area contributed by atoms with Crippen LogP contribution in [0.3, 0.4) is 0 Å². The molecule has 0 radical (unpaired) electrons. The molecule has 0 bridgehead atoms. The van der Waals surface area contributed by atoms with Crippen LogP contribution in [0.2, 0.25) is 0 Å². The van der Waals surface area contributed by atoms with E-state index in [2.05, 4.69) is 5.32 Å². The molecule has 30 heavy (non-hydrogen) atoms. The molecule has 1 aromatic carbocycles. The zero-order valence-electron chi connectivity index (χ0n) is 16.6. The van der Waals surface area contributed by atoms with Gasteiger partial charge < -0.3 is 9.73 Å². The molecule has 0 saturated heterocycles. The van der Waals surface area contributed by atoms with Crippen molar-refractivity contribution in [2.75, 3.05) is 6.54 Å². The fourth-order valence-electron chi connectivity index (χ4n) is 3.60. The number of rotatable bonds is 8. The molecule has 3 aromatic rings. The molecule has 158 valence electrons. The van der Waals surface area contributed by atoms with Crippen LogP contribution in [0.25, 0.3) is 0 Å². The third-order valence-electron chi connectivity index (χ3n) is 5.14. The summed E-state index contributed by atoms with van der Waals surface area (Å²) >= 11 is 1.79. The number of aromatic nitrogens is 1. The number of nitrogens with zero attached hydrogens (tertiary/aromatic N) is 1. The first-order valence-electron chi connectivity index (χ1n) is 10.1. The predicted molar refractivity (Wildman–Crippen MR) is 115 cm³/mol. The van der Waals surface area contributed by atoms with E-state index in [1.165, 1.54) is 35.7 Å². The van der Waals surface area contributed by atoms with Gasteiger partial charge in [-0.25, -0.2) is 13.4 Å². The highest BCUT2D eigenvalue weighted by atomic mass is 32.2. The second-order valence-electron chi connectivity index (χ2n) is 7.39. The average Bonchev–Trinajstić information content (AvgIpc) is 3.37. The van der Waals surface area contributed by atoms with Gasteiger partial charge in [-0.1, -0.05) is 18.2 Å². The highest BCUT2D eigenvalue weighted by molar-refractivity contribution is 7.90. The lowest BCUT2D eigenvalue weighted by molar-refractivity contribution is 0.0924. The van der Waals surface area contributed by atoms with Crippen LogP contribution in [0.5, 0.6) is 0 Å². The van der Waals surface area contributed by atoms with Crippen LogP contribution in [0.15, 0.2) is 52.0 Å². The van der Waals surface area contributed by atoms with Crippen molar-refractivity contribution in [1.82, 2.24) is 10.3 Å². The number of hydrogen-bond acceptors (Lipinski definition) is 6. The Morgan fingerprint density at radius 1 is 1.13 bits per heavy atom. The maximum Gasteiger partial charge on any atom is 0.287 e. The number of nitrogens with one attached hydrogen (secondary N) is 1. The molecule has 0 aliphatic heterocycles. The van der Waals surface area contributed by atoms with Gasteiger partial charge in [0.2, 0.25) is 0 Å². The number of carbonyl (C=O) groups is 1. The van der Waals surface area contributed by atoms with Gasteiger partial charge in [0.25, 0.3) is 5.91 Å². The molecule has 2 aromatic heterocycles. The summed E-state index contributed by atoms with van der Waals surface area (Å²) in [5.41, 5.74) is 1.62. The summed E-state index contributed by atoms with van der Waals surface area (Å²) in [7, 11) is -3.55. The number of amides is 1. The van der Waals surface area contributed by atoms with Crippen LogP contribution in [-0.2, 0) is 34.9 Å². The first-order chi connectivity index (χ1) is 14.5. The maximum absolute atomic E-state index is 12.6. The molecule has 2 heterocycles. The number of furan rings is 1. The molecule has 0 unspecified atom stereocenters.